The summed E-state index contributed by atoms with van der Waals surface area (Å²) in [5.74, 6) is 0.953. The van der Waals surface area contributed by atoms with Crippen LogP contribution in [0.15, 0.2) is 18.9 Å². The van der Waals surface area contributed by atoms with Crippen LogP contribution in [0.1, 0.15) is 24.4 Å². The maximum atomic E-state index is 12.5. The van der Waals surface area contributed by atoms with E-state index in [0.29, 0.717) is 13.1 Å². The lowest BCUT2D eigenvalue weighted by Crippen LogP contribution is -2.45. The summed E-state index contributed by atoms with van der Waals surface area (Å²) in [6, 6.07) is 0.157. The number of nitrogens with zero attached hydrogens (tertiary/aromatic N) is 7. The molecule has 0 saturated carbocycles. The summed E-state index contributed by atoms with van der Waals surface area (Å²) < 4.78 is 3.89. The fourth-order valence-corrected chi connectivity index (χ4v) is 3.14. The van der Waals surface area contributed by atoms with E-state index in [1.165, 1.54) is 6.33 Å². The zero-order valence-electron chi connectivity index (χ0n) is 12.4. The monoisotopic (exact) mass is 301 g/mol. The number of likely N-dealkylation sites (tertiary alicyclic amines) is 1. The van der Waals surface area contributed by atoms with Crippen LogP contribution in [0.5, 0.6) is 0 Å². The van der Waals surface area contributed by atoms with E-state index < -0.39 is 0 Å². The van der Waals surface area contributed by atoms with Gasteiger partial charge in [0.1, 0.15) is 18.5 Å². The quantitative estimate of drug-likeness (QED) is 0.812. The normalized spacial score (nSPS) is 17.8. The van der Waals surface area contributed by atoms with E-state index in [4.69, 9.17) is 0 Å². The van der Waals surface area contributed by atoms with E-state index in [2.05, 4.69) is 25.8 Å². The Labute approximate surface area is 128 Å². The molecule has 2 aromatic rings. The number of carbonyl (C=O) groups is 1. The lowest BCUT2D eigenvalue weighted by molar-refractivity contribution is 0.148. The molecule has 8 nitrogen and oxygen atoms in total. The summed E-state index contributed by atoms with van der Waals surface area (Å²) >= 11 is 0. The van der Waals surface area contributed by atoms with E-state index in [-0.39, 0.29) is 6.03 Å². The van der Waals surface area contributed by atoms with Crippen molar-refractivity contribution in [3.05, 3.63) is 30.4 Å². The molecule has 1 saturated heterocycles. The van der Waals surface area contributed by atoms with Crippen LogP contribution in [-0.4, -0.2) is 59.8 Å². The summed E-state index contributed by atoms with van der Waals surface area (Å²) in [6.07, 6.45) is 7.50. The summed E-state index contributed by atoms with van der Waals surface area (Å²) in [5.41, 5.74) is 0.955. The lowest BCUT2D eigenvalue weighted by atomic mass is 10.3. The fraction of sp³-hybridized carbons (Fsp3) is 0.571. The molecule has 8 heteroatoms. The van der Waals surface area contributed by atoms with E-state index in [1.54, 1.807) is 11.0 Å². The highest BCUT2D eigenvalue weighted by Crippen LogP contribution is 2.17. The first-order valence-electron chi connectivity index (χ1n) is 7.71. The highest BCUT2D eigenvalue weighted by molar-refractivity contribution is 5.74. The minimum atomic E-state index is 0.157. The largest absolute Gasteiger partial charge is 0.331 e. The van der Waals surface area contributed by atoms with Crippen LogP contribution < -0.4 is 0 Å². The van der Waals surface area contributed by atoms with E-state index in [0.717, 1.165) is 50.5 Å². The van der Waals surface area contributed by atoms with Gasteiger partial charge in [-0.15, -0.1) is 0 Å². The van der Waals surface area contributed by atoms with E-state index in [1.807, 2.05) is 9.80 Å². The molecule has 0 aromatic carbocycles. The Hall–Kier alpha value is -2.38. The second kappa shape index (κ2) is 5.43. The minimum absolute atomic E-state index is 0.157. The zero-order chi connectivity index (χ0) is 14.9. The van der Waals surface area contributed by atoms with Crippen molar-refractivity contribution in [3.63, 3.8) is 0 Å². The van der Waals surface area contributed by atoms with Gasteiger partial charge in [0.05, 0.1) is 18.8 Å². The highest BCUT2D eigenvalue weighted by Gasteiger charge is 2.27. The lowest BCUT2D eigenvalue weighted by Gasteiger charge is -2.31. The Bertz CT molecular complexity index is 657. The second-order valence-electron chi connectivity index (χ2n) is 5.83. The topological polar surface area (TPSA) is 72.1 Å². The van der Waals surface area contributed by atoms with Gasteiger partial charge in [-0.25, -0.2) is 19.4 Å². The average molecular weight is 301 g/mol. The Balaban J connectivity index is 1.46. The molecule has 0 atom stereocenters. The SMILES string of the molecule is O=C(N1CCCC1)N1CCn2cc(Cn3cncn3)nc2C1. The zero-order valence-corrected chi connectivity index (χ0v) is 12.4. The number of urea groups is 1. The number of carbonyl (C=O) groups excluding carboxylic acids is 1. The number of aromatic nitrogens is 5. The van der Waals surface area contributed by atoms with Crippen LogP contribution in [0.2, 0.25) is 0 Å². The molecule has 0 unspecified atom stereocenters. The van der Waals surface area contributed by atoms with Gasteiger partial charge in [-0.2, -0.15) is 5.10 Å². The van der Waals surface area contributed by atoms with E-state index >= 15 is 0 Å². The molecule has 2 aromatic heterocycles. The molecule has 116 valence electrons. The molecule has 0 spiro atoms. The van der Waals surface area contributed by atoms with Crippen molar-refractivity contribution in [1.29, 1.82) is 0 Å². The van der Waals surface area contributed by atoms with Gasteiger partial charge in [0, 0.05) is 32.4 Å². The number of hydrogen-bond donors (Lipinski definition) is 0. The highest BCUT2D eigenvalue weighted by atomic mass is 16.2. The molecular weight excluding hydrogens is 282 g/mol. The van der Waals surface area contributed by atoms with Crippen LogP contribution in [0.25, 0.3) is 0 Å². The third kappa shape index (κ3) is 2.44. The summed E-state index contributed by atoms with van der Waals surface area (Å²) in [4.78, 5) is 24.9. The number of fused-ring (bicyclic) bond motifs is 1. The maximum Gasteiger partial charge on any atom is 0.320 e. The van der Waals surface area contributed by atoms with Crippen molar-refractivity contribution in [2.75, 3.05) is 19.6 Å². The van der Waals surface area contributed by atoms with Gasteiger partial charge in [0.15, 0.2) is 0 Å². The van der Waals surface area contributed by atoms with Crippen molar-refractivity contribution in [2.24, 2.45) is 0 Å². The van der Waals surface area contributed by atoms with Crippen LogP contribution in [0.4, 0.5) is 4.79 Å². The molecule has 2 amide bonds. The summed E-state index contributed by atoms with van der Waals surface area (Å²) in [7, 11) is 0. The summed E-state index contributed by atoms with van der Waals surface area (Å²) in [5, 5.41) is 4.10. The van der Waals surface area contributed by atoms with Gasteiger partial charge in [0.25, 0.3) is 0 Å². The predicted octanol–water partition coefficient (Wildman–Crippen LogP) is 0.554. The number of imidazole rings is 1. The minimum Gasteiger partial charge on any atom is -0.331 e. The van der Waals surface area contributed by atoms with Gasteiger partial charge in [-0.05, 0) is 12.8 Å². The summed E-state index contributed by atoms with van der Waals surface area (Å²) in [6.45, 7) is 4.54. The third-order valence-corrected chi connectivity index (χ3v) is 4.29. The second-order valence-corrected chi connectivity index (χ2v) is 5.83. The van der Waals surface area contributed by atoms with Crippen molar-refractivity contribution >= 4 is 6.03 Å². The van der Waals surface area contributed by atoms with Gasteiger partial charge in [-0.1, -0.05) is 0 Å². The Kier molecular flexibility index (Phi) is 3.28. The molecule has 0 N–H and O–H groups in total. The standard InChI is InChI=1S/C14H19N7O/c22-14(18-3-1-2-4-18)20-6-5-19-7-12(17-13(19)9-20)8-21-11-15-10-16-21/h7,10-11H,1-6,8-9H2. The van der Waals surface area contributed by atoms with Gasteiger partial charge < -0.3 is 14.4 Å². The first-order valence-corrected chi connectivity index (χ1v) is 7.71. The Morgan fingerprint density at radius 2 is 2.00 bits per heavy atom. The molecule has 2 aliphatic heterocycles. The van der Waals surface area contributed by atoms with Gasteiger partial charge in [-0.3, -0.25) is 0 Å². The molecule has 4 heterocycles. The number of rotatable bonds is 2. The molecule has 0 bridgehead atoms. The van der Waals surface area contributed by atoms with Crippen LogP contribution >= 0.6 is 0 Å². The van der Waals surface area contributed by atoms with Crippen molar-refractivity contribution in [3.8, 4) is 0 Å². The Morgan fingerprint density at radius 3 is 2.77 bits per heavy atom. The smallest absolute Gasteiger partial charge is 0.320 e. The van der Waals surface area contributed by atoms with Crippen LogP contribution in [0, 0.1) is 0 Å². The van der Waals surface area contributed by atoms with Crippen molar-refractivity contribution < 1.29 is 4.79 Å². The third-order valence-electron chi connectivity index (χ3n) is 4.29. The first-order chi connectivity index (χ1) is 10.8. The van der Waals surface area contributed by atoms with Crippen LogP contribution in [0.3, 0.4) is 0 Å². The fourth-order valence-electron chi connectivity index (χ4n) is 3.14. The molecule has 0 radical (unpaired) electrons. The van der Waals surface area contributed by atoms with Gasteiger partial charge in [0.2, 0.25) is 0 Å². The molecule has 4 rings (SSSR count). The van der Waals surface area contributed by atoms with Crippen molar-refractivity contribution in [2.45, 2.75) is 32.5 Å². The Morgan fingerprint density at radius 1 is 1.14 bits per heavy atom. The maximum absolute atomic E-state index is 12.5. The predicted molar refractivity (Wildman–Crippen MR) is 78.0 cm³/mol. The first kappa shape index (κ1) is 13.3. The van der Waals surface area contributed by atoms with Crippen molar-refractivity contribution in [1.82, 2.24) is 34.1 Å². The molecule has 1 fully saturated rings. The van der Waals surface area contributed by atoms with Gasteiger partial charge >= 0.3 is 6.03 Å². The van der Waals surface area contributed by atoms with E-state index in [9.17, 15) is 4.79 Å². The number of amides is 2. The molecular formula is C14H19N7O. The molecule has 2 aliphatic rings. The number of hydrogen-bond acceptors (Lipinski definition) is 4. The molecule has 22 heavy (non-hydrogen) atoms. The average Bonchev–Trinajstić information content (AvgIpc) is 3.27. The molecule has 0 aliphatic carbocycles. The van der Waals surface area contributed by atoms with Crippen LogP contribution in [-0.2, 0) is 19.6 Å².